The number of aliphatic hydroxyl groups is 1. The lowest BCUT2D eigenvalue weighted by atomic mass is 9.84. The fourth-order valence-corrected chi connectivity index (χ4v) is 5.51. The molecule has 4 aromatic rings. The summed E-state index contributed by atoms with van der Waals surface area (Å²) in [5.41, 5.74) is 10.3. The Labute approximate surface area is 249 Å². The van der Waals surface area contributed by atoms with E-state index >= 15 is 0 Å². The molecule has 2 aromatic heterocycles. The van der Waals surface area contributed by atoms with E-state index in [1.54, 1.807) is 19.5 Å². The van der Waals surface area contributed by atoms with Gasteiger partial charge in [-0.25, -0.2) is 9.97 Å². The Morgan fingerprint density at radius 3 is 1.78 bits per heavy atom. The highest BCUT2D eigenvalue weighted by Gasteiger charge is 2.37. The average molecular weight is 596 g/mol. The van der Waals surface area contributed by atoms with Gasteiger partial charge in [-0.2, -0.15) is 0 Å². The standard InChI is InChI=1S/C30H32Cl2N6O3/c1-30(2,39)17-14-38(15-17)16-25-29(41-4)37-24(13-35-25)21-10-6-8-19(27(21)32)18-7-5-9-20(26(18)31)23-12-34-22(11-33)28(36-23)40-3/h5-10,12-13,17,39H,11,14-16,33H2,1-4H3. The van der Waals surface area contributed by atoms with Gasteiger partial charge in [0.2, 0.25) is 11.8 Å². The quantitative estimate of drug-likeness (QED) is 0.267. The molecule has 5 rings (SSSR count). The Morgan fingerprint density at radius 2 is 1.32 bits per heavy atom. The molecule has 0 bridgehead atoms. The van der Waals surface area contributed by atoms with Crippen molar-refractivity contribution in [3.05, 3.63) is 70.2 Å². The van der Waals surface area contributed by atoms with Gasteiger partial charge in [-0.05, 0) is 13.8 Å². The van der Waals surface area contributed by atoms with Crippen molar-refractivity contribution in [2.45, 2.75) is 32.5 Å². The van der Waals surface area contributed by atoms with Crippen LogP contribution in [0.2, 0.25) is 10.0 Å². The van der Waals surface area contributed by atoms with Gasteiger partial charge in [-0.1, -0.05) is 59.6 Å². The molecule has 1 aliphatic heterocycles. The molecule has 41 heavy (non-hydrogen) atoms. The zero-order valence-electron chi connectivity index (χ0n) is 23.4. The Balaban J connectivity index is 1.45. The van der Waals surface area contributed by atoms with Crippen LogP contribution >= 0.6 is 23.2 Å². The Morgan fingerprint density at radius 1 is 0.854 bits per heavy atom. The molecule has 214 valence electrons. The van der Waals surface area contributed by atoms with Crippen LogP contribution in [0.1, 0.15) is 25.2 Å². The van der Waals surface area contributed by atoms with Crippen molar-refractivity contribution in [3.63, 3.8) is 0 Å². The topological polar surface area (TPSA) is 120 Å². The molecule has 0 atom stereocenters. The summed E-state index contributed by atoms with van der Waals surface area (Å²) < 4.78 is 11.0. The third-order valence-corrected chi connectivity index (χ3v) is 8.19. The first kappa shape index (κ1) is 29.2. The van der Waals surface area contributed by atoms with E-state index in [-0.39, 0.29) is 12.5 Å². The first-order valence-electron chi connectivity index (χ1n) is 13.2. The number of halogens is 2. The highest BCUT2D eigenvalue weighted by atomic mass is 35.5. The summed E-state index contributed by atoms with van der Waals surface area (Å²) >= 11 is 13.9. The number of benzene rings is 2. The molecule has 1 fully saturated rings. The average Bonchev–Trinajstić information content (AvgIpc) is 2.94. The fourth-order valence-electron chi connectivity index (χ4n) is 4.86. The van der Waals surface area contributed by atoms with Gasteiger partial charge in [0.15, 0.2) is 0 Å². The second kappa shape index (κ2) is 11.9. The summed E-state index contributed by atoms with van der Waals surface area (Å²) in [7, 11) is 3.10. The van der Waals surface area contributed by atoms with Crippen LogP contribution in [0.5, 0.6) is 11.8 Å². The molecule has 11 heteroatoms. The summed E-state index contributed by atoms with van der Waals surface area (Å²) in [6, 6.07) is 11.4. The van der Waals surface area contributed by atoms with E-state index in [1.165, 1.54) is 7.11 Å². The molecule has 3 heterocycles. The normalized spacial score (nSPS) is 14.1. The van der Waals surface area contributed by atoms with Gasteiger partial charge in [-0.3, -0.25) is 14.9 Å². The third kappa shape index (κ3) is 5.86. The lowest BCUT2D eigenvalue weighted by Gasteiger charge is -2.45. The molecular formula is C30H32Cl2N6O3. The van der Waals surface area contributed by atoms with Crippen LogP contribution in [-0.4, -0.2) is 62.9 Å². The summed E-state index contributed by atoms with van der Waals surface area (Å²) in [6.45, 7) is 6.06. The minimum Gasteiger partial charge on any atom is -0.480 e. The van der Waals surface area contributed by atoms with E-state index in [0.29, 0.717) is 56.6 Å². The Bertz CT molecular complexity index is 1570. The second-order valence-corrected chi connectivity index (χ2v) is 11.3. The van der Waals surface area contributed by atoms with Gasteiger partial charge < -0.3 is 20.3 Å². The predicted octanol–water partition coefficient (Wildman–Crippen LogP) is 5.25. The molecular weight excluding hydrogens is 563 g/mol. The Hall–Kier alpha value is -3.34. The maximum Gasteiger partial charge on any atom is 0.237 e. The lowest BCUT2D eigenvalue weighted by molar-refractivity contribution is -0.0653. The van der Waals surface area contributed by atoms with E-state index in [1.807, 2.05) is 50.2 Å². The van der Waals surface area contributed by atoms with Crippen LogP contribution in [0.4, 0.5) is 0 Å². The van der Waals surface area contributed by atoms with Crippen LogP contribution in [0.3, 0.4) is 0 Å². The van der Waals surface area contributed by atoms with Gasteiger partial charge in [0.1, 0.15) is 11.4 Å². The van der Waals surface area contributed by atoms with Gasteiger partial charge in [0, 0.05) is 54.4 Å². The monoisotopic (exact) mass is 594 g/mol. The molecule has 0 saturated carbocycles. The van der Waals surface area contributed by atoms with Gasteiger partial charge >= 0.3 is 0 Å². The number of ether oxygens (including phenoxy) is 2. The highest BCUT2D eigenvalue weighted by Crippen LogP contribution is 2.42. The predicted molar refractivity (Wildman–Crippen MR) is 160 cm³/mol. The van der Waals surface area contributed by atoms with Crippen LogP contribution < -0.4 is 15.2 Å². The van der Waals surface area contributed by atoms with E-state index < -0.39 is 5.60 Å². The van der Waals surface area contributed by atoms with Crippen LogP contribution in [0.25, 0.3) is 33.6 Å². The van der Waals surface area contributed by atoms with E-state index in [4.69, 9.17) is 43.4 Å². The molecule has 1 aliphatic rings. The van der Waals surface area contributed by atoms with E-state index in [2.05, 4.69) is 19.9 Å². The van der Waals surface area contributed by atoms with Crippen LogP contribution in [0, 0.1) is 5.92 Å². The number of hydrogen-bond acceptors (Lipinski definition) is 9. The summed E-state index contributed by atoms with van der Waals surface area (Å²) in [5, 5.41) is 11.2. The summed E-state index contributed by atoms with van der Waals surface area (Å²) in [5.74, 6) is 1.02. The molecule has 0 spiro atoms. The second-order valence-electron chi connectivity index (χ2n) is 10.5. The molecule has 0 amide bonds. The number of nitrogens with zero attached hydrogens (tertiary/aromatic N) is 5. The zero-order chi connectivity index (χ0) is 29.3. The van der Waals surface area contributed by atoms with Gasteiger partial charge in [0.05, 0.1) is 53.6 Å². The van der Waals surface area contributed by atoms with Crippen molar-refractivity contribution in [1.82, 2.24) is 24.8 Å². The molecule has 9 nitrogen and oxygen atoms in total. The molecule has 1 saturated heterocycles. The summed E-state index contributed by atoms with van der Waals surface area (Å²) in [4.78, 5) is 20.6. The largest absolute Gasteiger partial charge is 0.480 e. The fraction of sp³-hybridized carbons (Fsp3) is 0.333. The number of nitrogens with two attached hydrogens (primary N) is 1. The SMILES string of the molecule is COc1nc(-c2cccc(-c3cccc(-c4cnc(CN5CC(C(C)(C)O)C5)c(OC)n4)c3Cl)c2Cl)cnc1CN. The number of likely N-dealkylation sites (tertiary alicyclic amines) is 1. The van der Waals surface area contributed by atoms with Crippen molar-refractivity contribution in [3.8, 4) is 45.4 Å². The molecule has 0 aliphatic carbocycles. The number of rotatable bonds is 9. The van der Waals surface area contributed by atoms with Crippen LogP contribution in [0.15, 0.2) is 48.8 Å². The van der Waals surface area contributed by atoms with Gasteiger partial charge in [-0.15, -0.1) is 0 Å². The minimum absolute atomic E-state index is 0.210. The maximum atomic E-state index is 10.2. The molecule has 0 unspecified atom stereocenters. The lowest BCUT2D eigenvalue weighted by Crippen LogP contribution is -2.55. The van der Waals surface area contributed by atoms with Gasteiger partial charge in [0.25, 0.3) is 0 Å². The first-order chi connectivity index (χ1) is 19.6. The Kier molecular flexibility index (Phi) is 8.45. The minimum atomic E-state index is -0.699. The third-order valence-electron chi connectivity index (χ3n) is 7.37. The van der Waals surface area contributed by atoms with Crippen molar-refractivity contribution in [1.29, 1.82) is 0 Å². The van der Waals surface area contributed by atoms with Crippen molar-refractivity contribution in [2.75, 3.05) is 27.3 Å². The van der Waals surface area contributed by atoms with Crippen molar-refractivity contribution >= 4 is 23.2 Å². The summed E-state index contributed by atoms with van der Waals surface area (Å²) in [6.07, 6.45) is 3.33. The van der Waals surface area contributed by atoms with E-state index in [0.717, 1.165) is 29.9 Å². The molecule has 0 radical (unpaired) electrons. The molecule has 2 aromatic carbocycles. The maximum absolute atomic E-state index is 10.2. The van der Waals surface area contributed by atoms with Crippen molar-refractivity contribution in [2.24, 2.45) is 11.7 Å². The van der Waals surface area contributed by atoms with Crippen LogP contribution in [-0.2, 0) is 13.1 Å². The van der Waals surface area contributed by atoms with E-state index in [9.17, 15) is 5.11 Å². The zero-order valence-corrected chi connectivity index (χ0v) is 24.9. The highest BCUT2D eigenvalue weighted by molar-refractivity contribution is 6.39. The van der Waals surface area contributed by atoms with Crippen molar-refractivity contribution < 1.29 is 14.6 Å². The number of aromatic nitrogens is 4. The smallest absolute Gasteiger partial charge is 0.237 e. The number of methoxy groups -OCH3 is 2. The number of hydrogen-bond donors (Lipinski definition) is 2. The molecule has 3 N–H and O–H groups in total. The first-order valence-corrected chi connectivity index (χ1v) is 13.9.